The van der Waals surface area contributed by atoms with Crippen LogP contribution in [0.25, 0.3) is 5.13 Å². The van der Waals surface area contributed by atoms with Gasteiger partial charge in [-0.3, -0.25) is 0 Å². The lowest BCUT2D eigenvalue weighted by molar-refractivity contribution is 0.853. The summed E-state index contributed by atoms with van der Waals surface area (Å²) in [4.78, 5) is 4.08. The zero-order valence-electron chi connectivity index (χ0n) is 6.36. The number of aromatic nitrogens is 3. The van der Waals surface area contributed by atoms with E-state index in [1.165, 1.54) is 11.3 Å². The van der Waals surface area contributed by atoms with Crippen molar-refractivity contribution in [2.75, 3.05) is 0 Å². The predicted molar refractivity (Wildman–Crippen MR) is 49.0 cm³/mol. The van der Waals surface area contributed by atoms with Gasteiger partial charge >= 0.3 is 0 Å². The summed E-state index contributed by atoms with van der Waals surface area (Å²) in [5.41, 5.74) is 0.973. The Morgan fingerprint density at radius 2 is 2.42 bits per heavy atom. The maximum atomic E-state index is 5.68. The van der Waals surface area contributed by atoms with Crippen LogP contribution in [0.3, 0.4) is 0 Å². The molecule has 2 rings (SSSR count). The van der Waals surface area contributed by atoms with Gasteiger partial charge in [-0.05, 0) is 13.0 Å². The fourth-order valence-corrected chi connectivity index (χ4v) is 1.75. The van der Waals surface area contributed by atoms with E-state index in [1.54, 1.807) is 10.1 Å². The van der Waals surface area contributed by atoms with E-state index in [4.69, 9.17) is 11.6 Å². The molecule has 3 nitrogen and oxygen atoms in total. The Morgan fingerprint density at radius 1 is 1.58 bits per heavy atom. The molecule has 0 fully saturated rings. The van der Waals surface area contributed by atoms with Gasteiger partial charge in [-0.25, -0.2) is 9.67 Å². The Hall–Kier alpha value is -0.870. The summed E-state index contributed by atoms with van der Waals surface area (Å²) in [5, 5.41) is 7.30. The highest BCUT2D eigenvalue weighted by atomic mass is 35.5. The third-order valence-corrected chi connectivity index (χ3v) is 2.54. The minimum atomic E-state index is 0.517. The average Bonchev–Trinajstić information content (AvgIpc) is 2.58. The van der Waals surface area contributed by atoms with E-state index in [1.807, 2.05) is 19.2 Å². The molecule has 12 heavy (non-hydrogen) atoms. The minimum absolute atomic E-state index is 0.517. The second-order valence-electron chi connectivity index (χ2n) is 2.35. The third kappa shape index (κ3) is 1.35. The first-order chi connectivity index (χ1) is 5.75. The van der Waals surface area contributed by atoms with Crippen molar-refractivity contribution in [2.24, 2.45) is 0 Å². The molecule has 0 unspecified atom stereocenters. The van der Waals surface area contributed by atoms with Crippen LogP contribution in [0.15, 0.2) is 17.6 Å². The second-order valence-corrected chi connectivity index (χ2v) is 3.58. The van der Waals surface area contributed by atoms with E-state index < -0.39 is 0 Å². The van der Waals surface area contributed by atoms with Crippen LogP contribution in [0.1, 0.15) is 5.69 Å². The molecule has 0 bridgehead atoms. The number of hydrogen-bond donors (Lipinski definition) is 0. The largest absolute Gasteiger partial charge is 0.213 e. The maximum absolute atomic E-state index is 5.68. The first-order valence-electron chi connectivity index (χ1n) is 3.39. The van der Waals surface area contributed by atoms with Gasteiger partial charge in [0.2, 0.25) is 5.13 Å². The van der Waals surface area contributed by atoms with Crippen LogP contribution in [-0.2, 0) is 0 Å². The van der Waals surface area contributed by atoms with Gasteiger partial charge in [-0.2, -0.15) is 5.10 Å². The van der Waals surface area contributed by atoms with Crippen LogP contribution < -0.4 is 0 Å². The summed E-state index contributed by atoms with van der Waals surface area (Å²) in [6.45, 7) is 1.94. The second kappa shape index (κ2) is 2.88. The first kappa shape index (κ1) is 7.76. The lowest BCUT2D eigenvalue weighted by Gasteiger charge is -1.91. The molecule has 0 aliphatic carbocycles. The van der Waals surface area contributed by atoms with Gasteiger partial charge in [0, 0.05) is 11.6 Å². The van der Waals surface area contributed by atoms with Crippen molar-refractivity contribution in [2.45, 2.75) is 6.92 Å². The molecule has 2 aromatic heterocycles. The fraction of sp³-hybridized carbons (Fsp3) is 0.143. The molecular formula is C7H6ClN3S. The zero-order chi connectivity index (χ0) is 8.55. The summed E-state index contributed by atoms with van der Waals surface area (Å²) in [5.74, 6) is 0. The molecule has 0 atom stereocenters. The number of nitrogens with zero attached hydrogens (tertiary/aromatic N) is 3. The van der Waals surface area contributed by atoms with E-state index in [-0.39, 0.29) is 0 Å². The summed E-state index contributed by atoms with van der Waals surface area (Å²) in [7, 11) is 0. The normalized spacial score (nSPS) is 10.5. The third-order valence-electron chi connectivity index (χ3n) is 1.38. The van der Waals surface area contributed by atoms with Gasteiger partial charge in [-0.1, -0.05) is 11.6 Å². The van der Waals surface area contributed by atoms with Gasteiger partial charge in [0.15, 0.2) is 0 Å². The van der Waals surface area contributed by atoms with Crippen molar-refractivity contribution in [1.82, 2.24) is 14.8 Å². The predicted octanol–water partition coefficient (Wildman–Crippen LogP) is 2.29. The summed E-state index contributed by atoms with van der Waals surface area (Å²) in [6.07, 6.45) is 1.87. The molecule has 0 aliphatic heterocycles. The highest BCUT2D eigenvalue weighted by Crippen LogP contribution is 2.17. The highest BCUT2D eigenvalue weighted by Gasteiger charge is 2.02. The molecule has 0 N–H and O–H groups in total. The zero-order valence-corrected chi connectivity index (χ0v) is 7.93. The molecule has 5 heteroatoms. The van der Waals surface area contributed by atoms with Crippen LogP contribution >= 0.6 is 22.9 Å². The smallest absolute Gasteiger partial charge is 0.211 e. The standard InChI is InChI=1S/C7H6ClN3S/c1-5-2-3-11(10-5)7-9-6(8)4-12-7/h2-4H,1H3. The van der Waals surface area contributed by atoms with Crippen LogP contribution in [-0.4, -0.2) is 14.8 Å². The molecule has 2 aromatic rings. The summed E-state index contributed by atoms with van der Waals surface area (Å²) < 4.78 is 1.71. The van der Waals surface area contributed by atoms with Gasteiger partial charge in [-0.15, -0.1) is 11.3 Å². The molecule has 0 saturated carbocycles. The summed E-state index contributed by atoms with van der Waals surface area (Å²) >= 11 is 7.15. The molecular weight excluding hydrogens is 194 g/mol. The molecule has 0 saturated heterocycles. The first-order valence-corrected chi connectivity index (χ1v) is 4.65. The van der Waals surface area contributed by atoms with Crippen molar-refractivity contribution in [3.63, 3.8) is 0 Å². The number of halogens is 1. The molecule has 0 spiro atoms. The Balaban J connectivity index is 2.43. The SMILES string of the molecule is Cc1ccn(-c2nc(Cl)cs2)n1. The van der Waals surface area contributed by atoms with Crippen LogP contribution in [0.2, 0.25) is 5.15 Å². The highest BCUT2D eigenvalue weighted by molar-refractivity contribution is 7.12. The number of aryl methyl sites for hydroxylation is 1. The molecule has 0 amide bonds. The molecule has 0 radical (unpaired) electrons. The van der Waals surface area contributed by atoms with E-state index >= 15 is 0 Å². The van der Waals surface area contributed by atoms with Crippen LogP contribution in [0.4, 0.5) is 0 Å². The summed E-state index contributed by atoms with van der Waals surface area (Å²) in [6, 6.07) is 1.93. The molecule has 0 aliphatic rings. The monoisotopic (exact) mass is 199 g/mol. The van der Waals surface area contributed by atoms with Gasteiger partial charge in [0.1, 0.15) is 5.15 Å². The van der Waals surface area contributed by atoms with Crippen molar-refractivity contribution >= 4 is 22.9 Å². The van der Waals surface area contributed by atoms with E-state index in [0.29, 0.717) is 5.15 Å². The minimum Gasteiger partial charge on any atom is -0.213 e. The topological polar surface area (TPSA) is 30.7 Å². The quantitative estimate of drug-likeness (QED) is 0.706. The van der Waals surface area contributed by atoms with Crippen molar-refractivity contribution in [1.29, 1.82) is 0 Å². The maximum Gasteiger partial charge on any atom is 0.211 e. The molecule has 62 valence electrons. The lowest BCUT2D eigenvalue weighted by Crippen LogP contribution is -1.93. The van der Waals surface area contributed by atoms with E-state index in [2.05, 4.69) is 10.1 Å². The molecule has 2 heterocycles. The van der Waals surface area contributed by atoms with Gasteiger partial charge < -0.3 is 0 Å². The van der Waals surface area contributed by atoms with E-state index in [9.17, 15) is 0 Å². The van der Waals surface area contributed by atoms with Crippen LogP contribution in [0.5, 0.6) is 0 Å². The number of thiazole rings is 1. The van der Waals surface area contributed by atoms with Crippen LogP contribution in [0, 0.1) is 6.92 Å². The van der Waals surface area contributed by atoms with E-state index in [0.717, 1.165) is 10.8 Å². The van der Waals surface area contributed by atoms with Gasteiger partial charge in [0.25, 0.3) is 0 Å². The fourth-order valence-electron chi connectivity index (χ4n) is 0.872. The van der Waals surface area contributed by atoms with Crippen molar-refractivity contribution < 1.29 is 0 Å². The Kier molecular flexibility index (Phi) is 1.86. The van der Waals surface area contributed by atoms with Crippen molar-refractivity contribution in [3.05, 3.63) is 28.5 Å². The average molecular weight is 200 g/mol. The Bertz CT molecular complexity index is 355. The number of hydrogen-bond acceptors (Lipinski definition) is 3. The van der Waals surface area contributed by atoms with Gasteiger partial charge in [0.05, 0.1) is 5.69 Å². The van der Waals surface area contributed by atoms with Crippen molar-refractivity contribution in [3.8, 4) is 5.13 Å². The Labute approximate surface area is 78.6 Å². The lowest BCUT2D eigenvalue weighted by atomic mass is 10.5. The number of rotatable bonds is 1. The molecule has 0 aromatic carbocycles. The Morgan fingerprint density at radius 3 is 2.92 bits per heavy atom.